The van der Waals surface area contributed by atoms with Crippen LogP contribution in [0.15, 0.2) is 54.9 Å². The first-order valence-corrected chi connectivity index (χ1v) is 8.11. The Bertz CT molecular complexity index is 793. The zero-order valence-corrected chi connectivity index (χ0v) is 13.3. The third-order valence-corrected chi connectivity index (χ3v) is 3.90. The van der Waals surface area contributed by atoms with E-state index >= 15 is 0 Å². The van der Waals surface area contributed by atoms with E-state index in [-0.39, 0.29) is 5.91 Å². The fraction of sp³-hybridized carbons (Fsp3) is 0.263. The monoisotopic (exact) mass is 307 g/mol. The van der Waals surface area contributed by atoms with Gasteiger partial charge in [0.05, 0.1) is 0 Å². The molecule has 0 saturated heterocycles. The maximum atomic E-state index is 12.1. The number of unbranched alkanes of at least 4 members (excludes halogenated alkanes) is 2. The third-order valence-electron chi connectivity index (χ3n) is 3.90. The summed E-state index contributed by atoms with van der Waals surface area (Å²) in [6.07, 6.45) is 7.34. The molecule has 2 aromatic heterocycles. The molecule has 0 saturated carbocycles. The van der Waals surface area contributed by atoms with Crippen LogP contribution < -0.4 is 5.43 Å². The maximum absolute atomic E-state index is 12.1. The van der Waals surface area contributed by atoms with Gasteiger partial charge in [-0.05, 0) is 24.1 Å². The van der Waals surface area contributed by atoms with Crippen molar-refractivity contribution in [3.63, 3.8) is 0 Å². The minimum Gasteiger partial charge on any atom is -0.273 e. The first kappa shape index (κ1) is 15.3. The molecule has 0 spiro atoms. The van der Waals surface area contributed by atoms with Crippen molar-refractivity contribution in [3.05, 3.63) is 54.9 Å². The van der Waals surface area contributed by atoms with Crippen LogP contribution in [0.1, 0.15) is 32.6 Å². The quantitative estimate of drug-likeness (QED) is 0.688. The molecular weight excluding hydrogens is 286 g/mol. The fourth-order valence-electron chi connectivity index (χ4n) is 2.72. The van der Waals surface area contributed by atoms with Crippen LogP contribution in [0.4, 0.5) is 0 Å². The molecule has 3 aromatic rings. The van der Waals surface area contributed by atoms with Crippen LogP contribution in [0.3, 0.4) is 0 Å². The summed E-state index contributed by atoms with van der Waals surface area (Å²) in [6.45, 7) is 2.13. The topological polar surface area (TPSA) is 46.9 Å². The lowest BCUT2D eigenvalue weighted by Crippen LogP contribution is -2.21. The van der Waals surface area contributed by atoms with E-state index in [1.54, 1.807) is 10.9 Å². The average molecular weight is 307 g/mol. The van der Waals surface area contributed by atoms with Gasteiger partial charge in [-0.15, -0.1) is 0 Å². The fourth-order valence-corrected chi connectivity index (χ4v) is 2.72. The summed E-state index contributed by atoms with van der Waals surface area (Å²) in [7, 11) is 0. The van der Waals surface area contributed by atoms with Gasteiger partial charge in [-0.2, -0.15) is 0 Å². The average Bonchev–Trinajstić information content (AvgIpc) is 2.95. The van der Waals surface area contributed by atoms with Gasteiger partial charge in [0.15, 0.2) is 5.65 Å². The molecule has 0 aliphatic carbocycles. The number of carbonyl (C=O) groups excluding carboxylic acids is 1. The SMILES string of the molecule is CCCCCC(=O)Nn1cc(-c2ccccc2)c2cccnc21. The van der Waals surface area contributed by atoms with Gasteiger partial charge in [-0.3, -0.25) is 10.2 Å². The molecule has 1 N–H and O–H groups in total. The van der Waals surface area contributed by atoms with E-state index in [0.717, 1.165) is 41.4 Å². The van der Waals surface area contributed by atoms with Gasteiger partial charge in [-0.25, -0.2) is 9.66 Å². The minimum atomic E-state index is 0.0283. The number of nitrogens with one attached hydrogen (secondary N) is 1. The summed E-state index contributed by atoms with van der Waals surface area (Å²) in [5, 5.41) is 1.03. The summed E-state index contributed by atoms with van der Waals surface area (Å²) in [5.41, 5.74) is 5.91. The number of fused-ring (bicyclic) bond motifs is 1. The number of hydrogen-bond acceptors (Lipinski definition) is 2. The van der Waals surface area contributed by atoms with Gasteiger partial charge in [0, 0.05) is 29.8 Å². The molecule has 2 heterocycles. The molecule has 118 valence electrons. The second-order valence-electron chi connectivity index (χ2n) is 5.65. The van der Waals surface area contributed by atoms with E-state index in [9.17, 15) is 4.79 Å². The predicted molar refractivity (Wildman–Crippen MR) is 93.7 cm³/mol. The van der Waals surface area contributed by atoms with Crippen LogP contribution >= 0.6 is 0 Å². The van der Waals surface area contributed by atoms with Gasteiger partial charge < -0.3 is 0 Å². The zero-order valence-electron chi connectivity index (χ0n) is 13.3. The summed E-state index contributed by atoms with van der Waals surface area (Å²) < 4.78 is 1.74. The molecule has 4 heteroatoms. The summed E-state index contributed by atoms with van der Waals surface area (Å²) in [6, 6.07) is 14.1. The molecule has 0 unspecified atom stereocenters. The number of pyridine rings is 1. The van der Waals surface area contributed by atoms with Crippen molar-refractivity contribution in [2.45, 2.75) is 32.6 Å². The zero-order chi connectivity index (χ0) is 16.1. The Morgan fingerprint density at radius 2 is 1.96 bits per heavy atom. The van der Waals surface area contributed by atoms with Crippen LogP contribution in [-0.4, -0.2) is 15.6 Å². The number of aromatic nitrogens is 2. The Hall–Kier alpha value is -2.62. The molecule has 0 bridgehead atoms. The van der Waals surface area contributed by atoms with Crippen LogP contribution in [0.5, 0.6) is 0 Å². The van der Waals surface area contributed by atoms with Gasteiger partial charge in [0.1, 0.15) is 0 Å². The van der Waals surface area contributed by atoms with Crippen molar-refractivity contribution in [1.82, 2.24) is 9.66 Å². The number of carbonyl (C=O) groups is 1. The number of rotatable bonds is 6. The summed E-state index contributed by atoms with van der Waals surface area (Å²) in [4.78, 5) is 16.5. The van der Waals surface area contributed by atoms with Crippen molar-refractivity contribution in [3.8, 4) is 11.1 Å². The highest BCUT2D eigenvalue weighted by molar-refractivity contribution is 5.95. The van der Waals surface area contributed by atoms with Crippen molar-refractivity contribution < 1.29 is 4.79 Å². The molecule has 23 heavy (non-hydrogen) atoms. The van der Waals surface area contributed by atoms with E-state index < -0.39 is 0 Å². The molecule has 1 amide bonds. The van der Waals surface area contributed by atoms with E-state index in [1.807, 2.05) is 36.5 Å². The van der Waals surface area contributed by atoms with Crippen LogP contribution in [-0.2, 0) is 4.79 Å². The lowest BCUT2D eigenvalue weighted by molar-refractivity contribution is -0.117. The Labute approximate surface area is 136 Å². The van der Waals surface area contributed by atoms with E-state index in [4.69, 9.17) is 0 Å². The van der Waals surface area contributed by atoms with Crippen molar-refractivity contribution in [2.24, 2.45) is 0 Å². The third kappa shape index (κ3) is 3.42. The van der Waals surface area contributed by atoms with Crippen molar-refractivity contribution >= 4 is 16.9 Å². The first-order chi connectivity index (χ1) is 11.3. The highest BCUT2D eigenvalue weighted by Gasteiger charge is 2.12. The number of nitrogens with zero attached hydrogens (tertiary/aromatic N) is 2. The van der Waals surface area contributed by atoms with E-state index in [1.165, 1.54) is 0 Å². The van der Waals surface area contributed by atoms with Gasteiger partial charge >= 0.3 is 0 Å². The largest absolute Gasteiger partial charge is 0.273 e. The smallest absolute Gasteiger partial charge is 0.238 e. The lowest BCUT2D eigenvalue weighted by atomic mass is 10.1. The second-order valence-corrected chi connectivity index (χ2v) is 5.65. The molecule has 0 fully saturated rings. The first-order valence-electron chi connectivity index (χ1n) is 8.11. The van der Waals surface area contributed by atoms with Crippen LogP contribution in [0.25, 0.3) is 22.2 Å². The maximum Gasteiger partial charge on any atom is 0.238 e. The molecular formula is C19H21N3O. The van der Waals surface area contributed by atoms with Crippen LogP contribution in [0.2, 0.25) is 0 Å². The van der Waals surface area contributed by atoms with Gasteiger partial charge in [-0.1, -0.05) is 50.1 Å². The normalized spacial score (nSPS) is 10.8. The Balaban J connectivity index is 1.91. The molecule has 0 aliphatic rings. The van der Waals surface area contributed by atoms with E-state index in [2.05, 4.69) is 29.5 Å². The number of hydrogen-bond donors (Lipinski definition) is 1. The summed E-state index contributed by atoms with van der Waals surface area (Å²) >= 11 is 0. The number of amides is 1. The molecule has 1 aromatic carbocycles. The molecule has 4 nitrogen and oxygen atoms in total. The standard InChI is InChI=1S/C19H21N3O/c1-2-3-5-12-18(23)21-22-14-17(15-9-6-4-7-10-15)16-11-8-13-20-19(16)22/h4,6-11,13-14H,2-3,5,12H2,1H3,(H,21,23). The summed E-state index contributed by atoms with van der Waals surface area (Å²) in [5.74, 6) is 0.0283. The van der Waals surface area contributed by atoms with E-state index in [0.29, 0.717) is 6.42 Å². The van der Waals surface area contributed by atoms with Crippen molar-refractivity contribution in [2.75, 3.05) is 5.43 Å². The molecule has 0 aliphatic heterocycles. The molecule has 0 atom stereocenters. The van der Waals surface area contributed by atoms with Crippen LogP contribution in [0, 0.1) is 0 Å². The Kier molecular flexibility index (Phi) is 4.71. The van der Waals surface area contributed by atoms with Gasteiger partial charge in [0.2, 0.25) is 5.91 Å². The highest BCUT2D eigenvalue weighted by atomic mass is 16.2. The second kappa shape index (κ2) is 7.09. The van der Waals surface area contributed by atoms with Crippen molar-refractivity contribution in [1.29, 1.82) is 0 Å². The molecule has 0 radical (unpaired) electrons. The highest BCUT2D eigenvalue weighted by Crippen LogP contribution is 2.28. The lowest BCUT2D eigenvalue weighted by Gasteiger charge is -2.06. The Morgan fingerprint density at radius 1 is 1.13 bits per heavy atom. The minimum absolute atomic E-state index is 0.0283. The predicted octanol–water partition coefficient (Wildman–Crippen LogP) is 4.35. The molecule has 3 rings (SSSR count). The Morgan fingerprint density at radius 3 is 2.74 bits per heavy atom. The number of benzene rings is 1. The van der Waals surface area contributed by atoms with Gasteiger partial charge in [0.25, 0.3) is 0 Å².